The van der Waals surface area contributed by atoms with Crippen LogP contribution in [0.1, 0.15) is 109 Å². The number of hydrogen-bond donors (Lipinski definition) is 0. The minimum atomic E-state index is -4.89. The average Bonchev–Trinajstić information content (AvgIpc) is 3.62. The molecule has 0 amide bonds. The molecule has 2 heterocycles. The summed E-state index contributed by atoms with van der Waals surface area (Å²) in [6.45, 7) is 9.48. The van der Waals surface area contributed by atoms with Gasteiger partial charge in [-0.1, -0.05) is 58.8 Å². The zero-order valence-corrected chi connectivity index (χ0v) is 51.8. The van der Waals surface area contributed by atoms with E-state index in [0.717, 1.165) is 17.3 Å². The van der Waals surface area contributed by atoms with Gasteiger partial charge in [-0.15, -0.1) is 18.7 Å². The van der Waals surface area contributed by atoms with E-state index < -0.39 is 103 Å². The molecule has 1 aliphatic carbocycles. The van der Waals surface area contributed by atoms with Gasteiger partial charge in [-0.3, -0.25) is 0 Å². The van der Waals surface area contributed by atoms with Crippen LogP contribution in [-0.4, -0.2) is 93.0 Å². The summed E-state index contributed by atoms with van der Waals surface area (Å²) in [5, 5.41) is 0. The van der Waals surface area contributed by atoms with Gasteiger partial charge in [-0.2, -0.15) is 27.0 Å². The molecule has 26 heteroatoms. The van der Waals surface area contributed by atoms with Crippen LogP contribution in [0.2, 0.25) is 0 Å². The van der Waals surface area contributed by atoms with Crippen LogP contribution < -0.4 is 98.3 Å². The monoisotopic (exact) mass is 1140 g/mol. The van der Waals surface area contributed by atoms with Gasteiger partial charge in [-0.05, 0) is 91.5 Å². The first-order chi connectivity index (χ1) is 33.0. The maximum atomic E-state index is 16.6. The fourth-order valence-corrected chi connectivity index (χ4v) is 10.8. The molecule has 0 spiro atoms. The molecule has 2 aliphatic heterocycles. The summed E-state index contributed by atoms with van der Waals surface area (Å²) in [6.07, 6.45) is 8.98. The quantitative estimate of drug-likeness (QED) is 0.0265. The summed E-state index contributed by atoms with van der Waals surface area (Å²) in [5.41, 5.74) is 1.62. The Kier molecular flexibility index (Phi) is 25.9. The Morgan fingerprint density at radius 2 is 1.36 bits per heavy atom. The molecule has 0 aromatic heterocycles. The molecular weight excluding hydrogens is 1090 g/mol. The van der Waals surface area contributed by atoms with Crippen LogP contribution in [-0.2, 0) is 51.8 Å². The minimum absolute atomic E-state index is 0. The van der Waals surface area contributed by atoms with Crippen molar-refractivity contribution < 1.29 is 167 Å². The van der Waals surface area contributed by atoms with Crippen LogP contribution in [0, 0.1) is 29.3 Å². The van der Waals surface area contributed by atoms with Crippen molar-refractivity contribution >= 4 is 63.6 Å². The zero-order chi connectivity index (χ0) is 52.9. The van der Waals surface area contributed by atoms with E-state index in [1.165, 1.54) is 12.1 Å². The van der Waals surface area contributed by atoms with Crippen molar-refractivity contribution in [3.8, 4) is 5.75 Å². The van der Waals surface area contributed by atoms with Crippen molar-refractivity contribution in [2.24, 2.45) is 0 Å². The standard InChI is InChI=1S/C48H56F4N2O10S3.3Na.O3S/c1-6-7-27-64-46-44(51)42(49)41(43(50)45(46)52)40-31(19-23-38-47(2,3)34-17-8-9-18-36(34)53(38)25-10-12-28-65(55,56)57)15-14-16-32(40)20-24-39-48(4,5)35-30-33(67(61,62)63)21-22-37(35)54(39)26-11-13-29-66(58,59)60;;;;1-4(2)3/h9,17-24,30H,6-7,10-16,25-29H2,1-5H3,(H,55,56,57)(H,58,59,60)(H,61,62,63);;;;/q;3*+1;/p-3. The molecule has 0 atom stereocenters. The molecular formula is C48H53F4N2Na3O13S4. The van der Waals surface area contributed by atoms with Gasteiger partial charge in [-0.25, -0.2) is 38.6 Å². The summed E-state index contributed by atoms with van der Waals surface area (Å²) in [4.78, 5) is 1.29. The van der Waals surface area contributed by atoms with Gasteiger partial charge in [0, 0.05) is 52.8 Å². The third-order valence-electron chi connectivity index (χ3n) is 12.6. The maximum Gasteiger partial charge on any atom is 1.00 e. The molecule has 388 valence electrons. The predicted molar refractivity (Wildman–Crippen MR) is 253 cm³/mol. The number of anilines is 1. The van der Waals surface area contributed by atoms with E-state index >= 15 is 17.6 Å². The van der Waals surface area contributed by atoms with Crippen molar-refractivity contribution in [1.29, 1.82) is 0 Å². The first-order valence-electron chi connectivity index (χ1n) is 22.5. The molecule has 3 aromatic rings. The average molecular weight is 1140 g/mol. The van der Waals surface area contributed by atoms with E-state index in [4.69, 9.17) is 17.4 Å². The molecule has 15 nitrogen and oxygen atoms in total. The van der Waals surface area contributed by atoms with Crippen molar-refractivity contribution in [1.82, 2.24) is 0 Å². The number of fused-ring (bicyclic) bond motifs is 2. The van der Waals surface area contributed by atoms with Gasteiger partial charge in [0.25, 0.3) is 0 Å². The third-order valence-corrected chi connectivity index (χ3v) is 15.0. The number of rotatable bonds is 19. The van der Waals surface area contributed by atoms with E-state index in [1.54, 1.807) is 56.0 Å². The largest absolute Gasteiger partial charge is 1.00 e. The number of nitrogens with zero attached hydrogens (tertiary/aromatic N) is 2. The second-order valence-corrected chi connectivity index (χ2v) is 23.0. The number of unbranched alkanes of at least 4 members (excludes halogenated alkanes) is 3. The first-order valence-corrected chi connectivity index (χ1v) is 28.1. The van der Waals surface area contributed by atoms with Gasteiger partial charge in [0.15, 0.2) is 23.1 Å². The number of ether oxygens (including phenoxy) is 1. The normalized spacial score (nSPS) is 17.1. The number of benzene rings is 3. The Morgan fingerprint density at radius 1 is 0.770 bits per heavy atom. The van der Waals surface area contributed by atoms with E-state index in [0.29, 0.717) is 60.5 Å². The Balaban J connectivity index is 0.00000258. The molecule has 3 aliphatic rings. The van der Waals surface area contributed by atoms with Crippen LogP contribution in [0.25, 0.3) is 5.57 Å². The second-order valence-electron chi connectivity index (χ2n) is 18.1. The maximum absolute atomic E-state index is 16.6. The smallest absolute Gasteiger partial charge is 0.748 e. The topological polar surface area (TPSA) is 238 Å². The van der Waals surface area contributed by atoms with Gasteiger partial charge in [0.05, 0.1) is 37.3 Å². The molecule has 0 radical (unpaired) electrons. The summed E-state index contributed by atoms with van der Waals surface area (Å²) < 4.78 is 203. The van der Waals surface area contributed by atoms with E-state index in [-0.39, 0.29) is 145 Å². The molecule has 0 saturated carbocycles. The molecule has 0 fully saturated rings. The van der Waals surface area contributed by atoms with Crippen LogP contribution in [0.5, 0.6) is 5.75 Å². The van der Waals surface area contributed by atoms with Crippen molar-refractivity contribution in [2.75, 3.05) is 36.1 Å². The Morgan fingerprint density at radius 3 is 1.93 bits per heavy atom. The molecule has 74 heavy (non-hydrogen) atoms. The summed E-state index contributed by atoms with van der Waals surface area (Å²) >= 11 is 0. The number of hydrogen-bond acceptors (Lipinski definition) is 14. The fourth-order valence-electron chi connectivity index (χ4n) is 9.17. The van der Waals surface area contributed by atoms with Crippen molar-refractivity contribution in [2.45, 2.75) is 108 Å². The number of halogens is 4. The van der Waals surface area contributed by atoms with Crippen molar-refractivity contribution in [3.05, 3.63) is 124 Å². The molecule has 6 rings (SSSR count). The molecule has 0 N–H and O–H groups in total. The Hall–Kier alpha value is -2.04. The summed E-state index contributed by atoms with van der Waals surface area (Å²) in [5.74, 6) is -9.13. The Labute approximate surface area is 498 Å². The zero-order valence-electron chi connectivity index (χ0n) is 42.5. The molecule has 3 aromatic carbocycles. The van der Waals surface area contributed by atoms with E-state index in [9.17, 15) is 38.9 Å². The fraction of sp³-hybridized carbons (Fsp3) is 0.438. The molecule has 0 unspecified atom stereocenters. The van der Waals surface area contributed by atoms with Crippen LogP contribution >= 0.6 is 0 Å². The van der Waals surface area contributed by atoms with Gasteiger partial charge in [0.1, 0.15) is 22.4 Å². The van der Waals surface area contributed by atoms with E-state index in [2.05, 4.69) is 6.07 Å². The SMILES string of the molecule is CCCCOc1c(F)c(F)c(C2=C(C=CC3=[N+](CCCCS(=O)(=O)[O-])c4cc[c-]cc4C3(C)C)CCCC2=CC=C2N(CCCCS(=O)(=O)[O-])c3ccc(S(=O)(=O)[O-])cc3C2(C)C)c(F)c1F.O=S(=O)=O.[Na+].[Na+].[Na+]. The second kappa shape index (κ2) is 28.2. The van der Waals surface area contributed by atoms with Crippen LogP contribution in [0.4, 0.5) is 28.9 Å². The van der Waals surface area contributed by atoms with Gasteiger partial charge >= 0.3 is 99.3 Å². The first kappa shape index (κ1) is 68.1. The molecule has 0 saturated heterocycles. The summed E-state index contributed by atoms with van der Waals surface area (Å²) in [6, 6.07) is 12.3. The van der Waals surface area contributed by atoms with Crippen LogP contribution in [0.15, 0.2) is 82.4 Å². The van der Waals surface area contributed by atoms with Crippen LogP contribution in [0.3, 0.4) is 0 Å². The Bertz CT molecular complexity index is 3170. The van der Waals surface area contributed by atoms with E-state index in [1.807, 2.05) is 30.6 Å². The summed E-state index contributed by atoms with van der Waals surface area (Å²) in [7, 11) is -17.0. The minimum Gasteiger partial charge on any atom is -0.748 e. The number of allylic oxidation sites excluding steroid dienone is 8. The van der Waals surface area contributed by atoms with Crippen molar-refractivity contribution in [3.63, 3.8) is 0 Å². The molecule has 0 bridgehead atoms. The van der Waals surface area contributed by atoms with Gasteiger partial charge < -0.3 is 23.3 Å². The van der Waals surface area contributed by atoms with Gasteiger partial charge in [0.2, 0.25) is 11.6 Å². The predicted octanol–water partition coefficient (Wildman–Crippen LogP) is -1.04. The third kappa shape index (κ3) is 16.7.